The van der Waals surface area contributed by atoms with E-state index in [2.05, 4.69) is 6.92 Å². The topological polar surface area (TPSA) is 46.2 Å². The molecule has 2 atom stereocenters. The summed E-state index contributed by atoms with van der Waals surface area (Å²) in [6.07, 6.45) is 3.22. The molecule has 0 saturated heterocycles. The number of hydrogen-bond acceptors (Lipinski definition) is 2. The van der Waals surface area contributed by atoms with Crippen LogP contribution in [0.1, 0.15) is 33.1 Å². The Bertz CT molecular complexity index is 118. The quantitative estimate of drug-likeness (QED) is 0.603. The lowest BCUT2D eigenvalue weighted by Crippen LogP contribution is -2.47. The van der Waals surface area contributed by atoms with Gasteiger partial charge in [0, 0.05) is 6.04 Å². The van der Waals surface area contributed by atoms with E-state index in [0.29, 0.717) is 0 Å². The molecule has 1 aliphatic carbocycles. The average molecular weight is 143 g/mol. The Morgan fingerprint density at radius 1 is 1.50 bits per heavy atom. The lowest BCUT2D eigenvalue weighted by Gasteiger charge is -2.43. The molecule has 1 aliphatic rings. The van der Waals surface area contributed by atoms with Crippen LogP contribution < -0.4 is 5.73 Å². The molecule has 1 fully saturated rings. The summed E-state index contributed by atoms with van der Waals surface area (Å²) in [4.78, 5) is 0. The standard InChI is InChI=1S/C8H17NO/c1-6(9)7(10)8(2)4-3-5-8/h6-7,10H,3-5,9H2,1-2H3. The molecule has 0 heterocycles. The van der Waals surface area contributed by atoms with E-state index in [4.69, 9.17) is 5.73 Å². The lowest BCUT2D eigenvalue weighted by atomic mass is 9.65. The summed E-state index contributed by atoms with van der Waals surface area (Å²) >= 11 is 0. The highest BCUT2D eigenvalue weighted by Crippen LogP contribution is 2.43. The van der Waals surface area contributed by atoms with E-state index in [-0.39, 0.29) is 17.6 Å². The first-order valence-electron chi connectivity index (χ1n) is 4.00. The minimum absolute atomic E-state index is 0.0784. The molecule has 0 radical (unpaired) electrons. The van der Waals surface area contributed by atoms with Gasteiger partial charge in [-0.25, -0.2) is 0 Å². The molecule has 0 aromatic carbocycles. The van der Waals surface area contributed by atoms with Gasteiger partial charge < -0.3 is 10.8 Å². The van der Waals surface area contributed by atoms with Crippen LogP contribution in [-0.2, 0) is 0 Å². The van der Waals surface area contributed by atoms with E-state index in [1.54, 1.807) is 0 Å². The molecule has 1 saturated carbocycles. The first kappa shape index (κ1) is 8.02. The van der Waals surface area contributed by atoms with Crippen LogP contribution in [0.15, 0.2) is 0 Å². The number of rotatable bonds is 2. The van der Waals surface area contributed by atoms with Crippen LogP contribution in [0, 0.1) is 5.41 Å². The van der Waals surface area contributed by atoms with Crippen LogP contribution in [-0.4, -0.2) is 17.3 Å². The number of nitrogens with two attached hydrogens (primary N) is 1. The van der Waals surface area contributed by atoms with Gasteiger partial charge in [-0.05, 0) is 25.2 Å². The summed E-state index contributed by atoms with van der Waals surface area (Å²) in [6.45, 7) is 3.98. The predicted molar refractivity (Wildman–Crippen MR) is 41.6 cm³/mol. The maximum atomic E-state index is 9.58. The Balaban J connectivity index is 2.46. The van der Waals surface area contributed by atoms with Gasteiger partial charge in [-0.1, -0.05) is 13.3 Å². The maximum Gasteiger partial charge on any atom is 0.0741 e. The van der Waals surface area contributed by atoms with Gasteiger partial charge >= 0.3 is 0 Å². The highest BCUT2D eigenvalue weighted by Gasteiger charge is 2.40. The van der Waals surface area contributed by atoms with Crippen molar-refractivity contribution in [3.05, 3.63) is 0 Å². The first-order valence-corrected chi connectivity index (χ1v) is 4.00. The fraction of sp³-hybridized carbons (Fsp3) is 1.00. The molecule has 60 valence electrons. The summed E-state index contributed by atoms with van der Waals surface area (Å²) < 4.78 is 0. The minimum Gasteiger partial charge on any atom is -0.391 e. The van der Waals surface area contributed by atoms with E-state index >= 15 is 0 Å². The summed E-state index contributed by atoms with van der Waals surface area (Å²) in [5.41, 5.74) is 5.71. The number of aliphatic hydroxyl groups is 1. The molecule has 0 bridgehead atoms. The van der Waals surface area contributed by atoms with Crippen molar-refractivity contribution in [2.24, 2.45) is 11.1 Å². The van der Waals surface area contributed by atoms with E-state index in [0.717, 1.165) is 12.8 Å². The van der Waals surface area contributed by atoms with Crippen LogP contribution in [0.3, 0.4) is 0 Å². The summed E-state index contributed by atoms with van der Waals surface area (Å²) in [5, 5.41) is 9.58. The third kappa shape index (κ3) is 1.18. The van der Waals surface area contributed by atoms with Crippen molar-refractivity contribution in [3.8, 4) is 0 Å². The molecule has 0 aromatic heterocycles. The van der Waals surface area contributed by atoms with E-state index in [1.165, 1.54) is 6.42 Å². The smallest absolute Gasteiger partial charge is 0.0741 e. The van der Waals surface area contributed by atoms with E-state index < -0.39 is 0 Å². The Hall–Kier alpha value is -0.0800. The lowest BCUT2D eigenvalue weighted by molar-refractivity contribution is -0.0316. The first-order chi connectivity index (χ1) is 4.56. The van der Waals surface area contributed by atoms with Crippen LogP contribution in [0.2, 0.25) is 0 Å². The minimum atomic E-state index is -0.304. The second-order valence-corrected chi connectivity index (χ2v) is 3.81. The third-order valence-corrected chi connectivity index (χ3v) is 2.71. The van der Waals surface area contributed by atoms with Crippen molar-refractivity contribution in [1.82, 2.24) is 0 Å². The van der Waals surface area contributed by atoms with Crippen molar-refractivity contribution < 1.29 is 5.11 Å². The van der Waals surface area contributed by atoms with Gasteiger partial charge in [0.25, 0.3) is 0 Å². The maximum absolute atomic E-state index is 9.58. The monoisotopic (exact) mass is 143 g/mol. The van der Waals surface area contributed by atoms with Gasteiger partial charge in [-0.3, -0.25) is 0 Å². The van der Waals surface area contributed by atoms with Gasteiger partial charge in [0.2, 0.25) is 0 Å². The largest absolute Gasteiger partial charge is 0.391 e. The molecule has 0 amide bonds. The van der Waals surface area contributed by atoms with Gasteiger partial charge in [-0.15, -0.1) is 0 Å². The van der Waals surface area contributed by atoms with Crippen LogP contribution in [0.5, 0.6) is 0 Å². The molecule has 2 nitrogen and oxygen atoms in total. The Morgan fingerprint density at radius 3 is 2.10 bits per heavy atom. The van der Waals surface area contributed by atoms with Gasteiger partial charge in [0.15, 0.2) is 0 Å². The second kappa shape index (κ2) is 2.51. The molecule has 2 heteroatoms. The van der Waals surface area contributed by atoms with E-state index in [9.17, 15) is 5.11 Å². The Labute approximate surface area is 62.4 Å². The zero-order valence-electron chi connectivity index (χ0n) is 6.80. The van der Waals surface area contributed by atoms with Crippen molar-refractivity contribution in [1.29, 1.82) is 0 Å². The Morgan fingerprint density at radius 2 is 2.00 bits per heavy atom. The molecular weight excluding hydrogens is 126 g/mol. The number of hydrogen-bond donors (Lipinski definition) is 2. The van der Waals surface area contributed by atoms with Crippen LogP contribution in [0.4, 0.5) is 0 Å². The van der Waals surface area contributed by atoms with Gasteiger partial charge in [-0.2, -0.15) is 0 Å². The fourth-order valence-electron chi connectivity index (χ4n) is 1.66. The highest BCUT2D eigenvalue weighted by atomic mass is 16.3. The molecule has 10 heavy (non-hydrogen) atoms. The molecule has 2 unspecified atom stereocenters. The number of aliphatic hydroxyl groups excluding tert-OH is 1. The summed E-state index contributed by atoms with van der Waals surface area (Å²) in [6, 6.07) is -0.0784. The van der Waals surface area contributed by atoms with Crippen LogP contribution >= 0.6 is 0 Å². The second-order valence-electron chi connectivity index (χ2n) is 3.81. The molecule has 0 aromatic rings. The van der Waals surface area contributed by atoms with Crippen molar-refractivity contribution >= 4 is 0 Å². The molecule has 0 spiro atoms. The molecule has 0 aliphatic heterocycles. The SMILES string of the molecule is CC(N)C(O)C1(C)CCC1. The molecular formula is C8H17NO. The van der Waals surface area contributed by atoms with Crippen molar-refractivity contribution in [2.45, 2.75) is 45.3 Å². The predicted octanol–water partition coefficient (Wildman–Crippen LogP) is 0.885. The van der Waals surface area contributed by atoms with Gasteiger partial charge in [0.05, 0.1) is 6.10 Å². The summed E-state index contributed by atoms with van der Waals surface area (Å²) in [7, 11) is 0. The highest BCUT2D eigenvalue weighted by molar-refractivity contribution is 4.92. The zero-order chi connectivity index (χ0) is 7.78. The molecule has 3 N–H and O–H groups in total. The fourth-order valence-corrected chi connectivity index (χ4v) is 1.66. The van der Waals surface area contributed by atoms with Crippen molar-refractivity contribution in [2.75, 3.05) is 0 Å². The van der Waals surface area contributed by atoms with Crippen LogP contribution in [0.25, 0.3) is 0 Å². The molecule has 1 rings (SSSR count). The Kier molecular flexibility index (Phi) is 2.02. The van der Waals surface area contributed by atoms with Crippen molar-refractivity contribution in [3.63, 3.8) is 0 Å². The van der Waals surface area contributed by atoms with E-state index in [1.807, 2.05) is 6.92 Å². The zero-order valence-corrected chi connectivity index (χ0v) is 6.80. The van der Waals surface area contributed by atoms with Gasteiger partial charge in [0.1, 0.15) is 0 Å². The normalized spacial score (nSPS) is 28.8. The average Bonchev–Trinajstić information content (AvgIpc) is 1.81. The summed E-state index contributed by atoms with van der Waals surface area (Å²) in [5.74, 6) is 0. The third-order valence-electron chi connectivity index (χ3n) is 2.71.